The van der Waals surface area contributed by atoms with Crippen LogP contribution in [0.1, 0.15) is 42.9 Å². The summed E-state index contributed by atoms with van der Waals surface area (Å²) < 4.78 is 1.92. The molecule has 1 fully saturated rings. The van der Waals surface area contributed by atoms with Crippen molar-refractivity contribution in [3.63, 3.8) is 0 Å². The molecule has 0 bridgehead atoms. The van der Waals surface area contributed by atoms with Crippen molar-refractivity contribution >= 4 is 5.91 Å². The first-order valence-electron chi connectivity index (χ1n) is 10.1. The van der Waals surface area contributed by atoms with Gasteiger partial charge in [-0.15, -0.1) is 0 Å². The van der Waals surface area contributed by atoms with E-state index in [0.29, 0.717) is 12.3 Å². The predicted molar refractivity (Wildman–Crippen MR) is 109 cm³/mol. The first-order chi connectivity index (χ1) is 13.8. The monoisotopic (exact) mass is 374 g/mol. The number of aryl methyl sites for hydroxylation is 1. The standard InChI is InChI=1S/C23H26N4O/c28-23(13-4-9-19-7-2-1-3-8-19)26-15-6-10-20(17-26)21-11-5-12-22(25-21)27-16-14-24-18-27/h1-3,5,7-8,11-12,14,16,18,20H,4,6,9-10,13,15,17H2/t20-/m0/s1. The number of rotatable bonds is 6. The van der Waals surface area contributed by atoms with E-state index in [4.69, 9.17) is 4.98 Å². The van der Waals surface area contributed by atoms with Crippen molar-refractivity contribution in [2.45, 2.75) is 38.0 Å². The molecule has 0 spiro atoms. The number of hydrogen-bond donors (Lipinski definition) is 0. The first-order valence-corrected chi connectivity index (χ1v) is 10.1. The second-order valence-electron chi connectivity index (χ2n) is 7.41. The Morgan fingerprint density at radius 3 is 2.82 bits per heavy atom. The van der Waals surface area contributed by atoms with Gasteiger partial charge in [-0.25, -0.2) is 9.97 Å². The molecule has 1 amide bonds. The van der Waals surface area contributed by atoms with E-state index in [1.54, 1.807) is 12.5 Å². The summed E-state index contributed by atoms with van der Waals surface area (Å²) >= 11 is 0. The van der Waals surface area contributed by atoms with Gasteiger partial charge in [0, 0.05) is 43.5 Å². The van der Waals surface area contributed by atoms with E-state index < -0.39 is 0 Å². The van der Waals surface area contributed by atoms with Crippen molar-refractivity contribution in [2.24, 2.45) is 0 Å². The minimum atomic E-state index is 0.270. The second-order valence-corrected chi connectivity index (χ2v) is 7.41. The molecule has 1 aliphatic rings. The average molecular weight is 374 g/mol. The Hall–Kier alpha value is -2.95. The van der Waals surface area contributed by atoms with Crippen LogP contribution in [0.3, 0.4) is 0 Å². The summed E-state index contributed by atoms with van der Waals surface area (Å²) in [7, 11) is 0. The maximum atomic E-state index is 12.7. The van der Waals surface area contributed by atoms with Crippen LogP contribution in [0.5, 0.6) is 0 Å². The average Bonchev–Trinajstić information content (AvgIpc) is 3.30. The second kappa shape index (κ2) is 8.83. The van der Waals surface area contributed by atoms with Crippen LogP contribution in [0.15, 0.2) is 67.3 Å². The molecule has 3 heterocycles. The van der Waals surface area contributed by atoms with Crippen LogP contribution in [0.4, 0.5) is 0 Å². The highest BCUT2D eigenvalue weighted by Crippen LogP contribution is 2.26. The van der Waals surface area contributed by atoms with E-state index in [2.05, 4.69) is 35.3 Å². The summed E-state index contributed by atoms with van der Waals surface area (Å²) in [6.07, 6.45) is 10.00. The zero-order valence-corrected chi connectivity index (χ0v) is 16.1. The number of carbonyl (C=O) groups excluding carboxylic acids is 1. The number of likely N-dealkylation sites (tertiary alicyclic amines) is 1. The number of piperidine rings is 1. The molecule has 1 aliphatic heterocycles. The lowest BCUT2D eigenvalue weighted by Crippen LogP contribution is -2.39. The molecule has 0 saturated carbocycles. The van der Waals surface area contributed by atoms with Gasteiger partial charge in [0.25, 0.3) is 0 Å². The number of pyridine rings is 1. The number of amides is 1. The zero-order chi connectivity index (χ0) is 19.2. The number of imidazole rings is 1. The molecule has 0 aliphatic carbocycles. The van der Waals surface area contributed by atoms with E-state index in [0.717, 1.165) is 50.3 Å². The SMILES string of the molecule is O=C(CCCc1ccccc1)N1CCC[C@H](c2cccc(-n3ccnc3)n2)C1. The lowest BCUT2D eigenvalue weighted by molar-refractivity contribution is -0.132. The largest absolute Gasteiger partial charge is 0.342 e. The molecule has 5 nitrogen and oxygen atoms in total. The summed E-state index contributed by atoms with van der Waals surface area (Å²) in [5.41, 5.74) is 2.36. The third-order valence-corrected chi connectivity index (χ3v) is 5.42. The minimum Gasteiger partial charge on any atom is -0.342 e. The molecule has 0 unspecified atom stereocenters. The first kappa shape index (κ1) is 18.4. The van der Waals surface area contributed by atoms with E-state index in [9.17, 15) is 4.79 Å². The topological polar surface area (TPSA) is 51.0 Å². The zero-order valence-electron chi connectivity index (χ0n) is 16.1. The van der Waals surface area contributed by atoms with Crippen molar-refractivity contribution in [1.29, 1.82) is 0 Å². The normalized spacial score (nSPS) is 16.9. The quantitative estimate of drug-likeness (QED) is 0.655. The number of nitrogens with zero attached hydrogens (tertiary/aromatic N) is 4. The molecule has 5 heteroatoms. The molecule has 144 valence electrons. The number of aromatic nitrogens is 3. The Labute approximate surface area is 166 Å². The van der Waals surface area contributed by atoms with Gasteiger partial charge in [0.2, 0.25) is 5.91 Å². The molecular weight excluding hydrogens is 348 g/mol. The Balaban J connectivity index is 1.35. The molecule has 1 saturated heterocycles. The summed E-state index contributed by atoms with van der Waals surface area (Å²) in [6.45, 7) is 1.63. The molecule has 2 aromatic heterocycles. The van der Waals surface area contributed by atoms with Gasteiger partial charge in [0.1, 0.15) is 12.1 Å². The maximum Gasteiger partial charge on any atom is 0.222 e. The summed E-state index contributed by atoms with van der Waals surface area (Å²) in [4.78, 5) is 23.7. The number of carbonyl (C=O) groups is 1. The van der Waals surface area contributed by atoms with Gasteiger partial charge in [-0.3, -0.25) is 9.36 Å². The number of benzene rings is 1. The highest BCUT2D eigenvalue weighted by molar-refractivity contribution is 5.76. The molecule has 1 aromatic carbocycles. The Bertz CT molecular complexity index is 892. The minimum absolute atomic E-state index is 0.270. The molecule has 28 heavy (non-hydrogen) atoms. The third kappa shape index (κ3) is 4.47. The van der Waals surface area contributed by atoms with Gasteiger partial charge in [-0.1, -0.05) is 36.4 Å². The van der Waals surface area contributed by atoms with Crippen LogP contribution < -0.4 is 0 Å². The molecule has 3 aromatic rings. The van der Waals surface area contributed by atoms with Gasteiger partial charge in [-0.05, 0) is 43.4 Å². The van der Waals surface area contributed by atoms with Gasteiger partial charge in [0.15, 0.2) is 0 Å². The fraction of sp³-hybridized carbons (Fsp3) is 0.348. The molecule has 4 rings (SSSR count). The van der Waals surface area contributed by atoms with E-state index >= 15 is 0 Å². The Kier molecular flexibility index (Phi) is 5.80. The van der Waals surface area contributed by atoms with Gasteiger partial charge < -0.3 is 4.90 Å². The van der Waals surface area contributed by atoms with Crippen molar-refractivity contribution in [1.82, 2.24) is 19.4 Å². The van der Waals surface area contributed by atoms with E-state index in [1.165, 1.54) is 5.56 Å². The van der Waals surface area contributed by atoms with Gasteiger partial charge in [-0.2, -0.15) is 0 Å². The Morgan fingerprint density at radius 1 is 1.11 bits per heavy atom. The van der Waals surface area contributed by atoms with Crippen LogP contribution in [0.2, 0.25) is 0 Å². The summed E-state index contributed by atoms with van der Waals surface area (Å²) in [5, 5.41) is 0. The molecule has 0 radical (unpaired) electrons. The lowest BCUT2D eigenvalue weighted by atomic mass is 9.94. The van der Waals surface area contributed by atoms with Gasteiger partial charge in [0.05, 0.1) is 0 Å². The third-order valence-electron chi connectivity index (χ3n) is 5.42. The van der Waals surface area contributed by atoms with E-state index in [1.807, 2.05) is 33.9 Å². The molecular formula is C23H26N4O. The highest BCUT2D eigenvalue weighted by Gasteiger charge is 2.25. The van der Waals surface area contributed by atoms with Crippen LogP contribution in [-0.2, 0) is 11.2 Å². The highest BCUT2D eigenvalue weighted by atomic mass is 16.2. The van der Waals surface area contributed by atoms with Crippen molar-refractivity contribution in [3.05, 3.63) is 78.5 Å². The smallest absolute Gasteiger partial charge is 0.222 e. The van der Waals surface area contributed by atoms with Crippen molar-refractivity contribution in [2.75, 3.05) is 13.1 Å². The van der Waals surface area contributed by atoms with Crippen molar-refractivity contribution in [3.8, 4) is 5.82 Å². The summed E-state index contributed by atoms with van der Waals surface area (Å²) in [6, 6.07) is 16.5. The van der Waals surface area contributed by atoms with Gasteiger partial charge >= 0.3 is 0 Å². The fourth-order valence-electron chi connectivity index (χ4n) is 3.90. The van der Waals surface area contributed by atoms with Crippen molar-refractivity contribution < 1.29 is 4.79 Å². The Morgan fingerprint density at radius 2 is 2.00 bits per heavy atom. The van der Waals surface area contributed by atoms with Crippen LogP contribution >= 0.6 is 0 Å². The predicted octanol–water partition coefficient (Wildman–Crippen LogP) is 4.00. The maximum absolute atomic E-state index is 12.7. The molecule has 1 atom stereocenters. The van der Waals surface area contributed by atoms with Crippen LogP contribution in [0.25, 0.3) is 5.82 Å². The van der Waals surface area contributed by atoms with Crippen LogP contribution in [0, 0.1) is 0 Å². The lowest BCUT2D eigenvalue weighted by Gasteiger charge is -2.32. The number of hydrogen-bond acceptors (Lipinski definition) is 3. The van der Waals surface area contributed by atoms with E-state index in [-0.39, 0.29) is 5.91 Å². The van der Waals surface area contributed by atoms with Crippen LogP contribution in [-0.4, -0.2) is 38.4 Å². The summed E-state index contributed by atoms with van der Waals surface area (Å²) in [5.74, 6) is 1.45. The molecule has 0 N–H and O–H groups in total. The fourth-order valence-corrected chi connectivity index (χ4v) is 3.90.